The summed E-state index contributed by atoms with van der Waals surface area (Å²) >= 11 is 5.62. The first-order chi connectivity index (χ1) is 4.16. The molecule has 0 saturated carbocycles. The van der Waals surface area contributed by atoms with Crippen LogP contribution in [0.2, 0.25) is 0 Å². The SMILES string of the molecule is CC/C=C(/Cl)CC(C)=O. The van der Waals surface area contributed by atoms with Gasteiger partial charge in [0.2, 0.25) is 0 Å². The second-order valence-corrected chi connectivity index (χ2v) is 2.42. The molecule has 0 rings (SSSR count). The van der Waals surface area contributed by atoms with Gasteiger partial charge in [0.1, 0.15) is 5.78 Å². The number of hydrogen-bond donors (Lipinski definition) is 0. The number of halogens is 1. The smallest absolute Gasteiger partial charge is 0.135 e. The van der Waals surface area contributed by atoms with Gasteiger partial charge in [0.15, 0.2) is 0 Å². The van der Waals surface area contributed by atoms with Gasteiger partial charge < -0.3 is 0 Å². The maximum absolute atomic E-state index is 10.4. The van der Waals surface area contributed by atoms with E-state index in [9.17, 15) is 4.79 Å². The van der Waals surface area contributed by atoms with Crippen molar-refractivity contribution in [3.05, 3.63) is 11.1 Å². The van der Waals surface area contributed by atoms with E-state index in [1.807, 2.05) is 13.0 Å². The Labute approximate surface area is 60.7 Å². The Morgan fingerprint density at radius 1 is 1.67 bits per heavy atom. The van der Waals surface area contributed by atoms with Crippen molar-refractivity contribution < 1.29 is 4.79 Å². The molecule has 0 aliphatic heterocycles. The maximum atomic E-state index is 10.4. The fourth-order valence-corrected chi connectivity index (χ4v) is 0.874. The first-order valence-electron chi connectivity index (χ1n) is 3.00. The minimum Gasteiger partial charge on any atom is -0.300 e. The topological polar surface area (TPSA) is 17.1 Å². The number of Topliss-reactive ketones (excluding diaryl/α,β-unsaturated/α-hetero) is 1. The zero-order valence-electron chi connectivity index (χ0n) is 5.78. The second-order valence-electron chi connectivity index (χ2n) is 1.94. The first kappa shape index (κ1) is 8.70. The molecule has 2 heteroatoms. The molecule has 1 nitrogen and oxygen atoms in total. The molecule has 0 unspecified atom stereocenters. The minimum atomic E-state index is 0.115. The number of allylic oxidation sites excluding steroid dienone is 2. The van der Waals surface area contributed by atoms with Crippen LogP contribution < -0.4 is 0 Å². The van der Waals surface area contributed by atoms with Crippen LogP contribution in [0.1, 0.15) is 26.7 Å². The predicted octanol–water partition coefficient (Wildman–Crippen LogP) is 2.50. The molecule has 9 heavy (non-hydrogen) atoms. The summed E-state index contributed by atoms with van der Waals surface area (Å²) in [5, 5.41) is 0.657. The maximum Gasteiger partial charge on any atom is 0.135 e. The average molecular weight is 147 g/mol. The molecule has 0 saturated heterocycles. The molecular formula is C7H11ClO. The molecule has 0 bridgehead atoms. The molecule has 0 N–H and O–H groups in total. The summed E-state index contributed by atoms with van der Waals surface area (Å²) in [5.41, 5.74) is 0. The van der Waals surface area contributed by atoms with E-state index in [-0.39, 0.29) is 5.78 Å². The molecule has 0 spiro atoms. The van der Waals surface area contributed by atoms with Crippen molar-refractivity contribution in [1.29, 1.82) is 0 Å². The highest BCUT2D eigenvalue weighted by molar-refractivity contribution is 6.30. The number of hydrogen-bond acceptors (Lipinski definition) is 1. The van der Waals surface area contributed by atoms with Crippen LogP contribution in [0.3, 0.4) is 0 Å². The zero-order valence-corrected chi connectivity index (χ0v) is 6.53. The van der Waals surface area contributed by atoms with Crippen LogP contribution in [0, 0.1) is 0 Å². The fourth-order valence-electron chi connectivity index (χ4n) is 0.531. The zero-order chi connectivity index (χ0) is 7.28. The van der Waals surface area contributed by atoms with Gasteiger partial charge in [0.05, 0.1) is 0 Å². The lowest BCUT2D eigenvalue weighted by molar-refractivity contribution is -0.116. The molecule has 52 valence electrons. The van der Waals surface area contributed by atoms with E-state index in [0.29, 0.717) is 11.5 Å². The lowest BCUT2D eigenvalue weighted by Crippen LogP contribution is -1.87. The summed E-state index contributed by atoms with van der Waals surface area (Å²) in [7, 11) is 0. The molecule has 0 fully saturated rings. The van der Waals surface area contributed by atoms with E-state index in [0.717, 1.165) is 6.42 Å². The first-order valence-corrected chi connectivity index (χ1v) is 3.38. The monoisotopic (exact) mass is 146 g/mol. The van der Waals surface area contributed by atoms with Gasteiger partial charge >= 0.3 is 0 Å². The molecule has 0 heterocycles. The van der Waals surface area contributed by atoms with E-state index in [2.05, 4.69) is 0 Å². The Hall–Kier alpha value is -0.300. The van der Waals surface area contributed by atoms with Crippen molar-refractivity contribution in [1.82, 2.24) is 0 Å². The van der Waals surface area contributed by atoms with Crippen molar-refractivity contribution in [2.75, 3.05) is 0 Å². The highest BCUT2D eigenvalue weighted by atomic mass is 35.5. The van der Waals surface area contributed by atoms with Crippen molar-refractivity contribution >= 4 is 17.4 Å². The molecule has 0 aromatic carbocycles. The fraction of sp³-hybridized carbons (Fsp3) is 0.571. The van der Waals surface area contributed by atoms with E-state index in [4.69, 9.17) is 11.6 Å². The van der Waals surface area contributed by atoms with Gasteiger partial charge in [-0.05, 0) is 13.3 Å². The number of carbonyl (C=O) groups excluding carboxylic acids is 1. The molecular weight excluding hydrogens is 136 g/mol. The number of carbonyl (C=O) groups is 1. The molecule has 0 aliphatic carbocycles. The van der Waals surface area contributed by atoms with E-state index < -0.39 is 0 Å². The Bertz CT molecular complexity index is 127. The quantitative estimate of drug-likeness (QED) is 0.598. The lowest BCUT2D eigenvalue weighted by atomic mass is 10.3. The number of ketones is 1. The van der Waals surface area contributed by atoms with Crippen LogP contribution >= 0.6 is 11.6 Å². The number of rotatable bonds is 3. The molecule has 0 radical (unpaired) electrons. The summed E-state index contributed by atoms with van der Waals surface area (Å²) in [6, 6.07) is 0. The third-order valence-corrected chi connectivity index (χ3v) is 1.13. The molecule has 0 aromatic rings. The second kappa shape index (κ2) is 4.57. The van der Waals surface area contributed by atoms with Gasteiger partial charge in [0, 0.05) is 11.5 Å². The van der Waals surface area contributed by atoms with Crippen LogP contribution in [0.4, 0.5) is 0 Å². The Morgan fingerprint density at radius 2 is 2.22 bits per heavy atom. The van der Waals surface area contributed by atoms with Gasteiger partial charge in [0.25, 0.3) is 0 Å². The van der Waals surface area contributed by atoms with Crippen molar-refractivity contribution in [3.8, 4) is 0 Å². The van der Waals surface area contributed by atoms with Gasteiger partial charge in [-0.2, -0.15) is 0 Å². The lowest BCUT2D eigenvalue weighted by Gasteiger charge is -1.90. The molecule has 0 amide bonds. The molecule has 0 atom stereocenters. The summed E-state index contributed by atoms with van der Waals surface area (Å²) in [6.07, 6.45) is 3.13. The van der Waals surface area contributed by atoms with Gasteiger partial charge in [-0.3, -0.25) is 4.79 Å². The summed E-state index contributed by atoms with van der Waals surface area (Å²) in [4.78, 5) is 10.4. The predicted molar refractivity (Wildman–Crippen MR) is 39.5 cm³/mol. The Morgan fingerprint density at radius 3 is 2.56 bits per heavy atom. The normalized spacial score (nSPS) is 11.7. The van der Waals surface area contributed by atoms with Crippen LogP contribution in [-0.2, 0) is 4.79 Å². The van der Waals surface area contributed by atoms with Crippen molar-refractivity contribution in [2.45, 2.75) is 26.7 Å². The molecule has 0 aliphatic rings. The van der Waals surface area contributed by atoms with Crippen LogP contribution in [0.25, 0.3) is 0 Å². The summed E-state index contributed by atoms with van der Waals surface area (Å²) in [6.45, 7) is 3.52. The third-order valence-electron chi connectivity index (χ3n) is 0.843. The highest BCUT2D eigenvalue weighted by Gasteiger charge is 1.94. The minimum absolute atomic E-state index is 0.115. The summed E-state index contributed by atoms with van der Waals surface area (Å²) < 4.78 is 0. The van der Waals surface area contributed by atoms with Gasteiger partial charge in [-0.25, -0.2) is 0 Å². The van der Waals surface area contributed by atoms with E-state index >= 15 is 0 Å². The largest absolute Gasteiger partial charge is 0.300 e. The Kier molecular flexibility index (Phi) is 4.41. The van der Waals surface area contributed by atoms with Crippen LogP contribution in [0.5, 0.6) is 0 Å². The van der Waals surface area contributed by atoms with Crippen LogP contribution in [-0.4, -0.2) is 5.78 Å². The Balaban J connectivity index is 3.62. The standard InChI is InChI=1S/C7H11ClO/c1-3-4-7(8)5-6(2)9/h4H,3,5H2,1-2H3/b7-4+. The molecule has 0 aromatic heterocycles. The summed E-state index contributed by atoms with van der Waals surface area (Å²) in [5.74, 6) is 0.115. The van der Waals surface area contributed by atoms with Crippen molar-refractivity contribution in [2.24, 2.45) is 0 Å². The van der Waals surface area contributed by atoms with Crippen LogP contribution in [0.15, 0.2) is 11.1 Å². The van der Waals surface area contributed by atoms with Gasteiger partial charge in [-0.1, -0.05) is 24.6 Å². The van der Waals surface area contributed by atoms with Crippen molar-refractivity contribution in [3.63, 3.8) is 0 Å². The van der Waals surface area contributed by atoms with Gasteiger partial charge in [-0.15, -0.1) is 0 Å². The average Bonchev–Trinajstić information content (AvgIpc) is 1.63. The highest BCUT2D eigenvalue weighted by Crippen LogP contribution is 2.07. The van der Waals surface area contributed by atoms with E-state index in [1.165, 1.54) is 6.92 Å². The third kappa shape index (κ3) is 5.57. The van der Waals surface area contributed by atoms with E-state index in [1.54, 1.807) is 0 Å².